The Kier molecular flexibility index (Phi) is 4.32. The SMILES string of the molecule is Cc1ccccc1.O=O. The van der Waals surface area contributed by atoms with E-state index in [-0.39, 0.29) is 0 Å². The molecular weight excluding hydrogens is 116 g/mol. The van der Waals surface area contributed by atoms with Gasteiger partial charge in [-0.05, 0) is 6.92 Å². The van der Waals surface area contributed by atoms with E-state index in [1.165, 1.54) is 5.56 Å². The molecule has 0 saturated heterocycles. The van der Waals surface area contributed by atoms with Crippen LogP contribution in [0.1, 0.15) is 5.56 Å². The molecule has 0 saturated carbocycles. The van der Waals surface area contributed by atoms with Gasteiger partial charge in [0.2, 0.25) is 0 Å². The lowest BCUT2D eigenvalue weighted by atomic mass is 10.2. The average Bonchev–Trinajstić information content (AvgIpc) is 1.94. The molecule has 0 radical (unpaired) electrons. The molecule has 0 aliphatic rings. The monoisotopic (exact) mass is 124 g/mol. The van der Waals surface area contributed by atoms with E-state index in [9.17, 15) is 0 Å². The second-order valence-corrected chi connectivity index (χ2v) is 1.65. The first kappa shape index (κ1) is 7.82. The van der Waals surface area contributed by atoms with Crippen molar-refractivity contribution in [3.63, 3.8) is 0 Å². The highest BCUT2D eigenvalue weighted by Crippen LogP contribution is 1.92. The first-order valence-corrected chi connectivity index (χ1v) is 2.58. The third-order valence-electron chi connectivity index (χ3n) is 0.940. The van der Waals surface area contributed by atoms with Crippen molar-refractivity contribution in [1.82, 2.24) is 0 Å². The minimum Gasteiger partial charge on any atom is -0.0622 e. The maximum Gasteiger partial charge on any atom is 0 e. The number of benzene rings is 1. The van der Waals surface area contributed by atoms with E-state index in [1.54, 1.807) is 0 Å². The molecule has 0 spiro atoms. The third kappa shape index (κ3) is 3.41. The molecule has 2 heteroatoms. The highest BCUT2D eigenvalue weighted by Gasteiger charge is 1.72. The minimum absolute atomic E-state index is 1.32. The molecule has 9 heavy (non-hydrogen) atoms. The molecule has 48 valence electrons. The molecule has 2 nitrogen and oxygen atoms in total. The lowest BCUT2D eigenvalue weighted by Gasteiger charge is -1.82. The van der Waals surface area contributed by atoms with Gasteiger partial charge >= 0.3 is 0 Å². The summed E-state index contributed by atoms with van der Waals surface area (Å²) < 4.78 is 0. The van der Waals surface area contributed by atoms with Crippen LogP contribution in [0.4, 0.5) is 0 Å². The van der Waals surface area contributed by atoms with Crippen LogP contribution < -0.4 is 0 Å². The van der Waals surface area contributed by atoms with E-state index in [0.29, 0.717) is 0 Å². The van der Waals surface area contributed by atoms with Crippen molar-refractivity contribution >= 4 is 0 Å². The Balaban J connectivity index is 0.000000291. The van der Waals surface area contributed by atoms with Gasteiger partial charge in [0.05, 0.1) is 0 Å². The van der Waals surface area contributed by atoms with Crippen LogP contribution in [0.15, 0.2) is 30.3 Å². The number of aryl methyl sites for hydroxylation is 1. The Bertz CT molecular complexity index is 148. The summed E-state index contributed by atoms with van der Waals surface area (Å²) in [6.45, 7) is 2.08. The van der Waals surface area contributed by atoms with Gasteiger partial charge in [-0.15, -0.1) is 0 Å². The quantitative estimate of drug-likeness (QED) is 0.530. The summed E-state index contributed by atoms with van der Waals surface area (Å²) in [7, 11) is 0. The third-order valence-corrected chi connectivity index (χ3v) is 0.940. The summed E-state index contributed by atoms with van der Waals surface area (Å²) in [6, 6.07) is 10.3. The highest BCUT2D eigenvalue weighted by atomic mass is 16.7. The molecule has 0 N–H and O–H groups in total. The molecule has 1 rings (SSSR count). The number of rotatable bonds is 0. The molecule has 0 heterocycles. The summed E-state index contributed by atoms with van der Waals surface area (Å²) in [6.07, 6.45) is 0. The zero-order chi connectivity index (χ0) is 7.11. The van der Waals surface area contributed by atoms with Gasteiger partial charge in [-0.2, -0.15) is 0 Å². The molecule has 0 atom stereocenters. The molecule has 1 aromatic carbocycles. The van der Waals surface area contributed by atoms with Crippen molar-refractivity contribution in [3.8, 4) is 0 Å². The predicted molar refractivity (Wildman–Crippen MR) is 37.9 cm³/mol. The lowest BCUT2D eigenvalue weighted by molar-refractivity contribution is 1.48. The van der Waals surface area contributed by atoms with Gasteiger partial charge < -0.3 is 0 Å². The fraction of sp³-hybridized carbons (Fsp3) is 0.143. The Morgan fingerprint density at radius 3 is 1.67 bits per heavy atom. The zero-order valence-electron chi connectivity index (χ0n) is 5.20. The van der Waals surface area contributed by atoms with Crippen molar-refractivity contribution < 1.29 is 0 Å². The molecular formula is C7H8O2. The fourth-order valence-electron chi connectivity index (χ4n) is 0.534. The van der Waals surface area contributed by atoms with E-state index in [2.05, 4.69) is 19.1 Å². The second-order valence-electron chi connectivity index (χ2n) is 1.65. The number of hydrogen-bond donors (Lipinski definition) is 0. The van der Waals surface area contributed by atoms with E-state index in [4.69, 9.17) is 9.93 Å². The predicted octanol–water partition coefficient (Wildman–Crippen LogP) is 2.06. The summed E-state index contributed by atoms with van der Waals surface area (Å²) in [5, 5.41) is 0. The molecule has 0 unspecified atom stereocenters. The Labute approximate surface area is 53.7 Å². The highest BCUT2D eigenvalue weighted by molar-refractivity contribution is 5.11. The van der Waals surface area contributed by atoms with Crippen LogP contribution in [0.2, 0.25) is 0 Å². The van der Waals surface area contributed by atoms with Crippen molar-refractivity contribution in [2.75, 3.05) is 0 Å². The van der Waals surface area contributed by atoms with Crippen LogP contribution >= 0.6 is 0 Å². The van der Waals surface area contributed by atoms with Gasteiger partial charge in [0.15, 0.2) is 0 Å². The van der Waals surface area contributed by atoms with E-state index in [1.807, 2.05) is 18.2 Å². The van der Waals surface area contributed by atoms with Gasteiger partial charge in [0.1, 0.15) is 0 Å². The smallest absolute Gasteiger partial charge is 0 e. The Hall–Kier alpha value is -1.18. The molecule has 0 aliphatic carbocycles. The standard InChI is InChI=1S/C7H8.O2/c1-7-5-3-2-4-6-7;1-2/h2-6H,1H3;. The molecule has 0 aliphatic heterocycles. The van der Waals surface area contributed by atoms with Crippen LogP contribution in [0, 0.1) is 16.9 Å². The summed E-state index contributed by atoms with van der Waals surface area (Å²) in [5.74, 6) is 0. The minimum atomic E-state index is 1.32. The van der Waals surface area contributed by atoms with Crippen molar-refractivity contribution in [3.05, 3.63) is 45.8 Å². The van der Waals surface area contributed by atoms with E-state index < -0.39 is 0 Å². The van der Waals surface area contributed by atoms with Crippen molar-refractivity contribution in [2.24, 2.45) is 0 Å². The van der Waals surface area contributed by atoms with Crippen LogP contribution in [-0.2, 0) is 0 Å². The van der Waals surface area contributed by atoms with Crippen LogP contribution in [0.3, 0.4) is 0 Å². The molecule has 0 bridgehead atoms. The summed E-state index contributed by atoms with van der Waals surface area (Å²) in [4.78, 5) is 14.0. The topological polar surface area (TPSA) is 34.1 Å². The lowest BCUT2D eigenvalue weighted by Crippen LogP contribution is -1.62. The number of hydrogen-bond acceptors (Lipinski definition) is 2. The van der Waals surface area contributed by atoms with E-state index >= 15 is 0 Å². The second kappa shape index (κ2) is 4.97. The van der Waals surface area contributed by atoms with Crippen LogP contribution in [-0.4, -0.2) is 0 Å². The summed E-state index contributed by atoms with van der Waals surface area (Å²) in [5.41, 5.74) is 1.32. The van der Waals surface area contributed by atoms with Crippen molar-refractivity contribution in [1.29, 1.82) is 0 Å². The Morgan fingerprint density at radius 1 is 1.00 bits per heavy atom. The molecule has 0 amide bonds. The van der Waals surface area contributed by atoms with Crippen LogP contribution in [0.25, 0.3) is 0 Å². The van der Waals surface area contributed by atoms with Gasteiger partial charge in [-0.3, -0.25) is 0 Å². The molecule has 0 fully saturated rings. The van der Waals surface area contributed by atoms with E-state index in [0.717, 1.165) is 0 Å². The average molecular weight is 124 g/mol. The molecule has 0 aromatic heterocycles. The summed E-state index contributed by atoms with van der Waals surface area (Å²) >= 11 is 0. The van der Waals surface area contributed by atoms with Gasteiger partial charge in [0, 0.05) is 9.93 Å². The zero-order valence-corrected chi connectivity index (χ0v) is 5.20. The van der Waals surface area contributed by atoms with Gasteiger partial charge in [0.25, 0.3) is 0 Å². The van der Waals surface area contributed by atoms with Gasteiger partial charge in [-0.25, -0.2) is 0 Å². The van der Waals surface area contributed by atoms with Gasteiger partial charge in [-0.1, -0.05) is 35.9 Å². The van der Waals surface area contributed by atoms with Crippen LogP contribution in [0.5, 0.6) is 0 Å². The maximum absolute atomic E-state index is 7.00. The maximum atomic E-state index is 7.00. The normalized spacial score (nSPS) is 7.22. The van der Waals surface area contributed by atoms with Crippen molar-refractivity contribution in [2.45, 2.75) is 6.92 Å². The first-order valence-electron chi connectivity index (χ1n) is 2.58. The Morgan fingerprint density at radius 2 is 1.44 bits per heavy atom. The largest absolute Gasteiger partial charge is 0.0622 e. The molecule has 1 aromatic rings. The first-order chi connectivity index (χ1) is 4.39. The fourth-order valence-corrected chi connectivity index (χ4v) is 0.534.